The molecule has 1 N–H and O–H groups in total. The zero-order valence-electron chi connectivity index (χ0n) is 20.6. The highest BCUT2D eigenvalue weighted by Crippen LogP contribution is 2.31. The molecule has 9 heteroatoms. The van der Waals surface area contributed by atoms with Crippen molar-refractivity contribution < 1.29 is 18.3 Å². The van der Waals surface area contributed by atoms with Crippen LogP contribution in [0.25, 0.3) is 16.7 Å². The Morgan fingerprint density at radius 1 is 1.23 bits per heavy atom. The molecule has 3 aromatic rings. The second-order valence-corrected chi connectivity index (χ2v) is 8.97. The highest BCUT2D eigenvalue weighted by Gasteiger charge is 2.37. The first kappa shape index (κ1) is 25.9. The number of amides is 1. The molecule has 0 radical (unpaired) electrons. The molecule has 0 fully saturated rings. The second-order valence-electron chi connectivity index (χ2n) is 8.97. The lowest BCUT2D eigenvalue weighted by Gasteiger charge is -2.32. The summed E-state index contributed by atoms with van der Waals surface area (Å²) in [6.45, 7) is 7.92. The number of ether oxygens (including phenoxy) is 1. The fraction of sp³-hybridized carbons (Fsp3) is 0.346. The average Bonchev–Trinajstić information content (AvgIpc) is 3.22. The average molecular weight is 484 g/mol. The molecule has 7 nitrogen and oxygen atoms in total. The number of carbonyl (C=O) groups excluding carboxylic acids is 1. The molecular weight excluding hydrogens is 452 g/mol. The monoisotopic (exact) mass is 483 g/mol. The number of hydrogen-bond acceptors (Lipinski definition) is 5. The Kier molecular flexibility index (Phi) is 7.89. The summed E-state index contributed by atoms with van der Waals surface area (Å²) in [7, 11) is 3.76. The van der Waals surface area contributed by atoms with E-state index in [1.165, 1.54) is 0 Å². The number of fused-ring (bicyclic) bond motifs is 1. The summed E-state index contributed by atoms with van der Waals surface area (Å²) >= 11 is 0. The zero-order chi connectivity index (χ0) is 25.8. The van der Waals surface area contributed by atoms with E-state index in [2.05, 4.69) is 22.1 Å². The van der Waals surface area contributed by atoms with E-state index in [1.54, 1.807) is 23.1 Å². The molecule has 0 aliphatic rings. The van der Waals surface area contributed by atoms with Crippen molar-refractivity contribution in [3.63, 3.8) is 0 Å². The van der Waals surface area contributed by atoms with Crippen LogP contribution in [0, 0.1) is 5.92 Å². The Bertz CT molecular complexity index is 1200. The van der Waals surface area contributed by atoms with Crippen LogP contribution in [-0.4, -0.2) is 53.4 Å². The molecule has 1 aromatic heterocycles. The second kappa shape index (κ2) is 10.7. The molecule has 35 heavy (non-hydrogen) atoms. The molecule has 186 valence electrons. The summed E-state index contributed by atoms with van der Waals surface area (Å²) in [4.78, 5) is 18.1. The Balaban J connectivity index is 1.99. The van der Waals surface area contributed by atoms with E-state index in [1.807, 2.05) is 75.3 Å². The number of carbonyl (C=O) groups is 1. The lowest BCUT2D eigenvalue weighted by Crippen LogP contribution is -2.49. The van der Waals surface area contributed by atoms with Gasteiger partial charge >= 0.3 is 5.92 Å². The van der Waals surface area contributed by atoms with Gasteiger partial charge in [-0.1, -0.05) is 44.2 Å². The van der Waals surface area contributed by atoms with Gasteiger partial charge in [0.25, 0.3) is 5.91 Å². The van der Waals surface area contributed by atoms with Gasteiger partial charge in [-0.3, -0.25) is 4.79 Å². The normalized spacial score (nSPS) is 14.0. The van der Waals surface area contributed by atoms with Gasteiger partial charge in [-0.15, -0.1) is 0 Å². The van der Waals surface area contributed by atoms with Gasteiger partial charge in [-0.05, 0) is 36.4 Å². The smallest absolute Gasteiger partial charge is 0.321 e. The van der Waals surface area contributed by atoms with Crippen molar-refractivity contribution in [3.05, 3.63) is 66.5 Å². The van der Waals surface area contributed by atoms with Gasteiger partial charge in [0.1, 0.15) is 11.9 Å². The predicted octanol–water partition coefficient (Wildman–Crippen LogP) is 4.97. The van der Waals surface area contributed by atoms with Crippen molar-refractivity contribution in [1.29, 1.82) is 0 Å². The maximum Gasteiger partial charge on any atom is 0.321 e. The first-order valence-electron chi connectivity index (χ1n) is 11.2. The third kappa shape index (κ3) is 6.23. The summed E-state index contributed by atoms with van der Waals surface area (Å²) in [6.07, 6.45) is 2.79. The van der Waals surface area contributed by atoms with Crippen molar-refractivity contribution in [2.75, 3.05) is 14.1 Å². The quantitative estimate of drug-likeness (QED) is 0.413. The van der Waals surface area contributed by atoms with Gasteiger partial charge in [-0.2, -0.15) is 13.9 Å². The topological polar surface area (TPSA) is 71.8 Å². The molecule has 1 heterocycles. The largest absolute Gasteiger partial charge is 0.484 e. The van der Waals surface area contributed by atoms with Crippen LogP contribution in [0.1, 0.15) is 32.4 Å². The Morgan fingerprint density at radius 2 is 1.91 bits per heavy atom. The fourth-order valence-corrected chi connectivity index (χ4v) is 3.67. The lowest BCUT2D eigenvalue weighted by atomic mass is 9.92. The lowest BCUT2D eigenvalue weighted by molar-refractivity contribution is -0.145. The number of benzene rings is 2. The van der Waals surface area contributed by atoms with E-state index in [4.69, 9.17) is 4.74 Å². The molecule has 0 unspecified atom stereocenters. The maximum atomic E-state index is 13.7. The zero-order valence-corrected chi connectivity index (χ0v) is 20.6. The highest BCUT2D eigenvalue weighted by atomic mass is 19.3. The number of nitrogens with one attached hydrogen (secondary N) is 1. The van der Waals surface area contributed by atoms with Crippen molar-refractivity contribution >= 4 is 29.3 Å². The van der Waals surface area contributed by atoms with Crippen molar-refractivity contribution in [2.24, 2.45) is 10.9 Å². The standard InChI is InChI=1S/C26H31F2N5O2/c1-17(2)23(31-25(34)26(3,27)28)24(18-10-8-7-9-11-18)35-20-12-13-21-19(14-20)15-30-33(21)22(29-4)16-32(5)6/h7-17,23-24H,4H2,1-3,5-6H3,(H,31,34)/b22-16+/t23-,24+/m0/s1. The SMILES string of the molecule is C=N/C(=C\N(C)C)n1ncc2cc(O[C@H](c3ccccc3)[C@@H](NC(=O)C(C)(F)F)C(C)C)ccc21. The minimum Gasteiger partial charge on any atom is -0.484 e. The minimum absolute atomic E-state index is 0.185. The van der Waals surface area contributed by atoms with E-state index >= 15 is 0 Å². The third-order valence-corrected chi connectivity index (χ3v) is 5.42. The Hall–Kier alpha value is -3.75. The molecule has 0 bridgehead atoms. The summed E-state index contributed by atoms with van der Waals surface area (Å²) in [5.74, 6) is -3.95. The number of alkyl halides is 2. The molecule has 3 rings (SSSR count). The van der Waals surface area contributed by atoms with Crippen molar-refractivity contribution in [3.8, 4) is 5.75 Å². The van der Waals surface area contributed by atoms with Crippen LogP contribution >= 0.6 is 0 Å². The van der Waals surface area contributed by atoms with E-state index in [0.717, 1.165) is 16.5 Å². The van der Waals surface area contributed by atoms with Gasteiger partial charge in [-0.25, -0.2) is 9.67 Å². The molecule has 0 aliphatic carbocycles. The van der Waals surface area contributed by atoms with Crippen LogP contribution in [0.5, 0.6) is 5.75 Å². The van der Waals surface area contributed by atoms with Gasteiger partial charge in [0, 0.05) is 32.6 Å². The van der Waals surface area contributed by atoms with Crippen molar-refractivity contribution in [1.82, 2.24) is 20.0 Å². The van der Waals surface area contributed by atoms with E-state index in [-0.39, 0.29) is 5.92 Å². The summed E-state index contributed by atoms with van der Waals surface area (Å²) < 4.78 is 35.4. The van der Waals surface area contributed by atoms with Crippen LogP contribution in [0.3, 0.4) is 0 Å². The van der Waals surface area contributed by atoms with Gasteiger partial charge in [0.2, 0.25) is 0 Å². The van der Waals surface area contributed by atoms with Crippen LogP contribution in [0.15, 0.2) is 65.9 Å². The van der Waals surface area contributed by atoms with Crippen LogP contribution < -0.4 is 10.1 Å². The first-order valence-corrected chi connectivity index (χ1v) is 11.2. The van der Waals surface area contributed by atoms with E-state index in [0.29, 0.717) is 18.5 Å². The Labute approximate surface area is 204 Å². The summed E-state index contributed by atoms with van der Waals surface area (Å²) in [6, 6.07) is 14.0. The number of rotatable bonds is 10. The van der Waals surface area contributed by atoms with Gasteiger partial charge in [0.15, 0.2) is 5.82 Å². The molecule has 0 spiro atoms. The molecule has 2 aromatic carbocycles. The third-order valence-electron chi connectivity index (χ3n) is 5.42. The van der Waals surface area contributed by atoms with Crippen molar-refractivity contribution in [2.45, 2.75) is 38.8 Å². The summed E-state index contributed by atoms with van der Waals surface area (Å²) in [5.41, 5.74) is 1.56. The van der Waals surface area contributed by atoms with E-state index < -0.39 is 24.0 Å². The molecule has 0 saturated carbocycles. The molecular formula is C26H31F2N5O2. The number of aromatic nitrogens is 2. The number of hydrogen-bond donors (Lipinski definition) is 1. The van der Waals surface area contributed by atoms with Crippen LogP contribution in [-0.2, 0) is 4.79 Å². The van der Waals surface area contributed by atoms with E-state index in [9.17, 15) is 13.6 Å². The maximum absolute atomic E-state index is 13.7. The number of nitrogens with zero attached hydrogens (tertiary/aromatic N) is 4. The molecule has 0 saturated heterocycles. The fourth-order valence-electron chi connectivity index (χ4n) is 3.67. The van der Waals surface area contributed by atoms with Crippen LogP contribution in [0.4, 0.5) is 8.78 Å². The molecule has 2 atom stereocenters. The number of aliphatic imine (C=N–C) groups is 1. The Morgan fingerprint density at radius 3 is 2.49 bits per heavy atom. The first-order chi connectivity index (χ1) is 16.5. The number of halogens is 2. The van der Waals surface area contributed by atoms with Crippen LogP contribution in [0.2, 0.25) is 0 Å². The highest BCUT2D eigenvalue weighted by molar-refractivity contribution is 5.84. The molecule has 0 aliphatic heterocycles. The summed E-state index contributed by atoms with van der Waals surface area (Å²) in [5, 5.41) is 7.71. The van der Waals surface area contributed by atoms with Gasteiger partial charge < -0.3 is 15.0 Å². The van der Waals surface area contributed by atoms with Gasteiger partial charge in [0.05, 0.1) is 17.8 Å². The minimum atomic E-state index is -3.50. The molecule has 1 amide bonds. The predicted molar refractivity (Wildman–Crippen MR) is 134 cm³/mol.